The van der Waals surface area contributed by atoms with Crippen LogP contribution in [0.2, 0.25) is 0 Å². The Morgan fingerprint density at radius 3 is 2.31 bits per heavy atom. The molecule has 1 rings (SSSR count). The summed E-state index contributed by atoms with van der Waals surface area (Å²) < 4.78 is 19.0. The Morgan fingerprint density at radius 2 is 1.94 bits per heavy atom. The van der Waals surface area contributed by atoms with Gasteiger partial charge < -0.3 is 9.64 Å². The molecular formula is C11H19ClFNO2. The van der Waals surface area contributed by atoms with Gasteiger partial charge in [0.15, 0.2) is 0 Å². The van der Waals surface area contributed by atoms with E-state index in [2.05, 4.69) is 0 Å². The molecule has 16 heavy (non-hydrogen) atoms. The summed E-state index contributed by atoms with van der Waals surface area (Å²) >= 11 is 5.55. The van der Waals surface area contributed by atoms with Crippen LogP contribution in [-0.2, 0) is 4.74 Å². The average Bonchev–Trinajstić information content (AvgIpc) is 2.16. The van der Waals surface area contributed by atoms with Crippen LogP contribution in [-0.4, -0.2) is 41.2 Å². The highest BCUT2D eigenvalue weighted by molar-refractivity contribution is 6.18. The Labute approximate surface area is 101 Å². The van der Waals surface area contributed by atoms with Crippen molar-refractivity contribution < 1.29 is 13.9 Å². The number of carbonyl (C=O) groups is 1. The molecule has 0 saturated carbocycles. The number of rotatable bonds is 1. The summed E-state index contributed by atoms with van der Waals surface area (Å²) in [6, 6.07) is 0. The zero-order valence-corrected chi connectivity index (χ0v) is 10.8. The van der Waals surface area contributed by atoms with Gasteiger partial charge in [-0.1, -0.05) is 0 Å². The number of hydrogen-bond donors (Lipinski definition) is 0. The van der Waals surface area contributed by atoms with Crippen molar-refractivity contribution in [3.63, 3.8) is 0 Å². The van der Waals surface area contributed by atoms with E-state index in [0.717, 1.165) is 0 Å². The average molecular weight is 252 g/mol. The molecule has 5 heteroatoms. The van der Waals surface area contributed by atoms with Crippen LogP contribution in [0.25, 0.3) is 0 Å². The van der Waals surface area contributed by atoms with Crippen molar-refractivity contribution in [3.8, 4) is 0 Å². The molecule has 0 radical (unpaired) electrons. The van der Waals surface area contributed by atoms with Crippen molar-refractivity contribution in [3.05, 3.63) is 0 Å². The molecule has 0 bridgehead atoms. The first-order valence-electron chi connectivity index (χ1n) is 5.49. The number of hydrogen-bond acceptors (Lipinski definition) is 2. The minimum Gasteiger partial charge on any atom is -0.444 e. The molecule has 0 aromatic rings. The molecule has 3 nitrogen and oxygen atoms in total. The predicted molar refractivity (Wildman–Crippen MR) is 61.6 cm³/mol. The first-order chi connectivity index (χ1) is 7.26. The molecule has 1 aliphatic rings. The topological polar surface area (TPSA) is 29.5 Å². The molecule has 94 valence electrons. The lowest BCUT2D eigenvalue weighted by Crippen LogP contribution is -2.47. The van der Waals surface area contributed by atoms with E-state index in [0.29, 0.717) is 13.1 Å². The van der Waals surface area contributed by atoms with Crippen LogP contribution in [0.5, 0.6) is 0 Å². The smallest absolute Gasteiger partial charge is 0.410 e. The molecule has 0 aromatic heterocycles. The maximum Gasteiger partial charge on any atom is 0.410 e. The van der Waals surface area contributed by atoms with Gasteiger partial charge in [0, 0.05) is 25.9 Å². The van der Waals surface area contributed by atoms with E-state index in [1.54, 1.807) is 0 Å². The third kappa shape index (κ3) is 3.81. The maximum absolute atomic E-state index is 13.8. The lowest BCUT2D eigenvalue weighted by Gasteiger charge is -2.36. The van der Waals surface area contributed by atoms with Crippen molar-refractivity contribution in [2.75, 3.05) is 19.0 Å². The second-order valence-electron chi connectivity index (χ2n) is 5.25. The summed E-state index contributed by atoms with van der Waals surface area (Å²) in [5.41, 5.74) is -1.83. The van der Waals surface area contributed by atoms with Gasteiger partial charge in [0.05, 0.1) is 5.88 Å². The Kier molecular flexibility index (Phi) is 4.05. The molecule has 1 heterocycles. The van der Waals surface area contributed by atoms with Crippen LogP contribution in [0.1, 0.15) is 33.6 Å². The third-order valence-corrected chi connectivity index (χ3v) is 3.03. The normalized spacial score (nSPS) is 20.7. The fourth-order valence-electron chi connectivity index (χ4n) is 1.55. The summed E-state index contributed by atoms with van der Waals surface area (Å²) in [4.78, 5) is 13.2. The van der Waals surface area contributed by atoms with Crippen molar-refractivity contribution in [1.82, 2.24) is 4.90 Å². The van der Waals surface area contributed by atoms with Crippen molar-refractivity contribution in [2.24, 2.45) is 0 Å². The van der Waals surface area contributed by atoms with Gasteiger partial charge in [-0.25, -0.2) is 9.18 Å². The van der Waals surface area contributed by atoms with Crippen LogP contribution in [0.3, 0.4) is 0 Å². The fraction of sp³-hybridized carbons (Fsp3) is 0.909. The molecule has 0 aromatic carbocycles. The van der Waals surface area contributed by atoms with Crippen LogP contribution in [0, 0.1) is 0 Å². The van der Waals surface area contributed by atoms with Crippen LogP contribution < -0.4 is 0 Å². The number of amides is 1. The lowest BCUT2D eigenvalue weighted by atomic mass is 9.96. The minimum atomic E-state index is -1.32. The van der Waals surface area contributed by atoms with Crippen LogP contribution in [0.4, 0.5) is 9.18 Å². The van der Waals surface area contributed by atoms with Crippen molar-refractivity contribution in [1.29, 1.82) is 0 Å². The van der Waals surface area contributed by atoms with Crippen molar-refractivity contribution >= 4 is 17.7 Å². The molecule has 0 aliphatic carbocycles. The Balaban J connectivity index is 2.45. The Hall–Kier alpha value is -0.510. The largest absolute Gasteiger partial charge is 0.444 e. The standard InChI is InChI=1S/C11H19ClFNO2/c1-10(2,3)16-9(15)14-6-4-11(13,8-12)5-7-14/h4-8H2,1-3H3. The summed E-state index contributed by atoms with van der Waals surface area (Å²) in [5, 5.41) is 0. The molecule has 0 atom stereocenters. The molecule has 0 spiro atoms. The van der Waals surface area contributed by atoms with E-state index in [9.17, 15) is 9.18 Å². The van der Waals surface area contributed by atoms with Gasteiger partial charge in [-0.2, -0.15) is 0 Å². The van der Waals surface area contributed by atoms with Gasteiger partial charge in [-0.15, -0.1) is 11.6 Å². The zero-order chi connectivity index (χ0) is 12.4. The number of piperidine rings is 1. The predicted octanol–water partition coefficient (Wildman–Crippen LogP) is 2.96. The number of alkyl halides is 2. The van der Waals surface area contributed by atoms with Gasteiger partial charge in [0.25, 0.3) is 0 Å². The summed E-state index contributed by atoms with van der Waals surface area (Å²) in [7, 11) is 0. The number of nitrogens with zero attached hydrogens (tertiary/aromatic N) is 1. The van der Waals surface area contributed by atoms with E-state index in [4.69, 9.17) is 16.3 Å². The number of ether oxygens (including phenoxy) is 1. The summed E-state index contributed by atoms with van der Waals surface area (Å²) in [5.74, 6) is -0.00480. The molecule has 1 saturated heterocycles. The van der Waals surface area contributed by atoms with E-state index < -0.39 is 11.3 Å². The van der Waals surface area contributed by atoms with Gasteiger partial charge in [-0.3, -0.25) is 0 Å². The van der Waals surface area contributed by atoms with Gasteiger partial charge >= 0.3 is 6.09 Å². The van der Waals surface area contributed by atoms with Gasteiger partial charge in [0.2, 0.25) is 0 Å². The quantitative estimate of drug-likeness (QED) is 0.671. The molecule has 0 unspecified atom stereocenters. The third-order valence-electron chi connectivity index (χ3n) is 2.55. The first-order valence-corrected chi connectivity index (χ1v) is 6.02. The number of likely N-dealkylation sites (tertiary alicyclic amines) is 1. The maximum atomic E-state index is 13.8. The van der Waals surface area contributed by atoms with E-state index >= 15 is 0 Å². The zero-order valence-electron chi connectivity index (χ0n) is 10.1. The minimum absolute atomic E-state index is 0.00480. The highest BCUT2D eigenvalue weighted by atomic mass is 35.5. The van der Waals surface area contributed by atoms with Gasteiger partial charge in [0.1, 0.15) is 11.3 Å². The van der Waals surface area contributed by atoms with Crippen molar-refractivity contribution in [2.45, 2.75) is 44.9 Å². The molecule has 1 aliphatic heterocycles. The Morgan fingerprint density at radius 1 is 1.44 bits per heavy atom. The summed E-state index contributed by atoms with van der Waals surface area (Å²) in [6.07, 6.45) is 0.204. The second kappa shape index (κ2) is 4.78. The first kappa shape index (κ1) is 13.6. The van der Waals surface area contributed by atoms with Crippen LogP contribution >= 0.6 is 11.6 Å². The molecule has 0 N–H and O–H groups in total. The van der Waals surface area contributed by atoms with E-state index in [1.807, 2.05) is 20.8 Å². The molecule has 1 amide bonds. The fourth-order valence-corrected chi connectivity index (χ4v) is 1.82. The highest BCUT2D eigenvalue weighted by Gasteiger charge is 2.36. The number of carbonyl (C=O) groups excluding carboxylic acids is 1. The highest BCUT2D eigenvalue weighted by Crippen LogP contribution is 2.28. The second-order valence-corrected chi connectivity index (χ2v) is 5.52. The lowest BCUT2D eigenvalue weighted by molar-refractivity contribution is 0.00731. The Bertz CT molecular complexity index is 257. The van der Waals surface area contributed by atoms with E-state index in [-0.39, 0.29) is 24.8 Å². The van der Waals surface area contributed by atoms with Crippen LogP contribution in [0.15, 0.2) is 0 Å². The summed E-state index contributed by atoms with van der Waals surface area (Å²) in [6.45, 7) is 6.18. The van der Waals surface area contributed by atoms with E-state index in [1.165, 1.54) is 4.90 Å². The molecule has 1 fully saturated rings. The number of halogens is 2. The van der Waals surface area contributed by atoms with Gasteiger partial charge in [-0.05, 0) is 20.8 Å². The molecular weight excluding hydrogens is 233 g/mol. The SMILES string of the molecule is CC(C)(C)OC(=O)N1CCC(F)(CCl)CC1. The monoisotopic (exact) mass is 251 g/mol.